The van der Waals surface area contributed by atoms with E-state index in [0.29, 0.717) is 26.1 Å². The molecule has 0 aliphatic carbocycles. The van der Waals surface area contributed by atoms with Crippen molar-refractivity contribution >= 4 is 11.9 Å². The second-order valence-corrected chi connectivity index (χ2v) is 5.80. The van der Waals surface area contributed by atoms with Crippen LogP contribution in [0.15, 0.2) is 36.9 Å². The molecule has 23 heavy (non-hydrogen) atoms. The Labute approximate surface area is 134 Å². The second-order valence-electron chi connectivity index (χ2n) is 5.80. The molecule has 2 aromatic heterocycles. The van der Waals surface area contributed by atoms with Crippen LogP contribution >= 0.6 is 0 Å². The first-order chi connectivity index (χ1) is 11.1. The number of carbonyl (C=O) groups is 2. The van der Waals surface area contributed by atoms with E-state index >= 15 is 0 Å². The SMILES string of the molecule is O=C(O)c1cnn(C2CCN(C(=O)CCn3cccc3)CC2)c1. The Balaban J connectivity index is 1.49. The predicted molar refractivity (Wildman–Crippen MR) is 83.1 cm³/mol. The molecule has 3 heterocycles. The van der Waals surface area contributed by atoms with E-state index in [1.165, 1.54) is 6.20 Å². The van der Waals surface area contributed by atoms with Crippen LogP contribution < -0.4 is 0 Å². The molecule has 1 saturated heterocycles. The Morgan fingerprint density at radius 3 is 2.52 bits per heavy atom. The van der Waals surface area contributed by atoms with Crippen molar-refractivity contribution in [2.45, 2.75) is 31.8 Å². The zero-order valence-corrected chi connectivity index (χ0v) is 12.8. The Hall–Kier alpha value is -2.57. The fraction of sp³-hybridized carbons (Fsp3) is 0.438. The molecule has 0 atom stereocenters. The van der Waals surface area contributed by atoms with Gasteiger partial charge >= 0.3 is 5.97 Å². The molecule has 1 fully saturated rings. The van der Waals surface area contributed by atoms with Crippen LogP contribution in [0.4, 0.5) is 0 Å². The third-order valence-electron chi connectivity index (χ3n) is 4.29. The Morgan fingerprint density at radius 2 is 1.91 bits per heavy atom. The van der Waals surface area contributed by atoms with Crippen molar-refractivity contribution in [2.24, 2.45) is 0 Å². The Bertz CT molecular complexity index is 669. The lowest BCUT2D eigenvalue weighted by Gasteiger charge is -2.32. The van der Waals surface area contributed by atoms with Gasteiger partial charge in [0.2, 0.25) is 5.91 Å². The van der Waals surface area contributed by atoms with Crippen LogP contribution in [-0.4, -0.2) is 49.3 Å². The van der Waals surface area contributed by atoms with Crippen molar-refractivity contribution in [2.75, 3.05) is 13.1 Å². The molecule has 7 heteroatoms. The molecule has 0 spiro atoms. The van der Waals surface area contributed by atoms with Gasteiger partial charge in [-0.15, -0.1) is 0 Å². The number of hydrogen-bond donors (Lipinski definition) is 1. The van der Waals surface area contributed by atoms with E-state index in [1.807, 2.05) is 34.0 Å². The summed E-state index contributed by atoms with van der Waals surface area (Å²) >= 11 is 0. The summed E-state index contributed by atoms with van der Waals surface area (Å²) < 4.78 is 3.72. The molecule has 7 nitrogen and oxygen atoms in total. The first kappa shape index (κ1) is 15.3. The van der Waals surface area contributed by atoms with E-state index in [4.69, 9.17) is 5.11 Å². The van der Waals surface area contributed by atoms with Gasteiger partial charge in [-0.05, 0) is 25.0 Å². The average molecular weight is 316 g/mol. The van der Waals surface area contributed by atoms with E-state index in [1.54, 1.807) is 10.9 Å². The molecule has 1 N–H and O–H groups in total. The van der Waals surface area contributed by atoms with Gasteiger partial charge in [0, 0.05) is 44.6 Å². The highest BCUT2D eigenvalue weighted by Gasteiger charge is 2.24. The number of nitrogens with zero attached hydrogens (tertiary/aromatic N) is 4. The molecule has 1 aliphatic heterocycles. The smallest absolute Gasteiger partial charge is 0.338 e. The van der Waals surface area contributed by atoms with Crippen molar-refractivity contribution in [3.63, 3.8) is 0 Å². The van der Waals surface area contributed by atoms with Crippen LogP contribution in [0.5, 0.6) is 0 Å². The number of carbonyl (C=O) groups excluding carboxylic acids is 1. The molecule has 0 radical (unpaired) electrons. The van der Waals surface area contributed by atoms with Gasteiger partial charge in [0.25, 0.3) is 0 Å². The van der Waals surface area contributed by atoms with E-state index in [2.05, 4.69) is 5.10 Å². The van der Waals surface area contributed by atoms with E-state index in [9.17, 15) is 9.59 Å². The van der Waals surface area contributed by atoms with Crippen LogP contribution in [0.2, 0.25) is 0 Å². The number of rotatable bonds is 5. The zero-order chi connectivity index (χ0) is 16.2. The van der Waals surface area contributed by atoms with Gasteiger partial charge in [-0.1, -0.05) is 0 Å². The largest absolute Gasteiger partial charge is 0.478 e. The standard InChI is InChI=1S/C16H20N4O3/c21-15(5-8-18-6-1-2-7-18)19-9-3-14(4-10-19)20-12-13(11-17-20)16(22)23/h1-2,6-7,11-12,14H,3-5,8-10H2,(H,22,23). The van der Waals surface area contributed by atoms with Crippen molar-refractivity contribution in [1.82, 2.24) is 19.2 Å². The van der Waals surface area contributed by atoms with Crippen LogP contribution in [0, 0.1) is 0 Å². The molecule has 2 aromatic rings. The van der Waals surface area contributed by atoms with Gasteiger partial charge in [0.15, 0.2) is 0 Å². The van der Waals surface area contributed by atoms with Gasteiger partial charge in [-0.25, -0.2) is 4.79 Å². The number of amides is 1. The average Bonchev–Trinajstić information content (AvgIpc) is 3.24. The fourth-order valence-electron chi connectivity index (χ4n) is 2.93. The third-order valence-corrected chi connectivity index (χ3v) is 4.29. The zero-order valence-electron chi connectivity index (χ0n) is 12.8. The topological polar surface area (TPSA) is 80.4 Å². The number of hydrogen-bond acceptors (Lipinski definition) is 3. The minimum atomic E-state index is -0.964. The van der Waals surface area contributed by atoms with Gasteiger partial charge in [-0.2, -0.15) is 5.10 Å². The monoisotopic (exact) mass is 316 g/mol. The maximum atomic E-state index is 12.2. The molecule has 0 bridgehead atoms. The van der Waals surface area contributed by atoms with Crippen LogP contribution in [0.25, 0.3) is 0 Å². The van der Waals surface area contributed by atoms with Crippen molar-refractivity contribution in [3.05, 3.63) is 42.5 Å². The summed E-state index contributed by atoms with van der Waals surface area (Å²) in [5.41, 5.74) is 0.204. The summed E-state index contributed by atoms with van der Waals surface area (Å²) in [6.45, 7) is 2.09. The lowest BCUT2D eigenvalue weighted by Crippen LogP contribution is -2.39. The number of piperidine rings is 1. The molecule has 1 amide bonds. The third kappa shape index (κ3) is 3.61. The lowest BCUT2D eigenvalue weighted by molar-refractivity contribution is -0.132. The number of aryl methyl sites for hydroxylation is 1. The quantitative estimate of drug-likeness (QED) is 0.909. The molecular formula is C16H20N4O3. The number of likely N-dealkylation sites (tertiary alicyclic amines) is 1. The van der Waals surface area contributed by atoms with Gasteiger partial charge in [0.05, 0.1) is 17.8 Å². The second kappa shape index (κ2) is 6.68. The summed E-state index contributed by atoms with van der Waals surface area (Å²) in [6, 6.07) is 4.06. The highest BCUT2D eigenvalue weighted by molar-refractivity contribution is 5.86. The first-order valence-electron chi connectivity index (χ1n) is 7.79. The Morgan fingerprint density at radius 1 is 1.22 bits per heavy atom. The van der Waals surface area contributed by atoms with E-state index in [0.717, 1.165) is 12.8 Å². The number of aromatic nitrogens is 3. The molecular weight excluding hydrogens is 296 g/mol. The fourth-order valence-corrected chi connectivity index (χ4v) is 2.93. The minimum absolute atomic E-state index is 0.164. The van der Waals surface area contributed by atoms with E-state index < -0.39 is 5.97 Å². The van der Waals surface area contributed by atoms with Crippen LogP contribution in [-0.2, 0) is 11.3 Å². The highest BCUT2D eigenvalue weighted by Crippen LogP contribution is 2.22. The van der Waals surface area contributed by atoms with E-state index in [-0.39, 0.29) is 17.5 Å². The minimum Gasteiger partial charge on any atom is -0.478 e. The predicted octanol–water partition coefficient (Wildman–Crippen LogP) is 1.64. The van der Waals surface area contributed by atoms with Gasteiger partial charge < -0.3 is 14.6 Å². The summed E-state index contributed by atoms with van der Waals surface area (Å²) in [4.78, 5) is 25.0. The first-order valence-corrected chi connectivity index (χ1v) is 7.79. The van der Waals surface area contributed by atoms with Crippen molar-refractivity contribution in [3.8, 4) is 0 Å². The summed E-state index contributed by atoms with van der Waals surface area (Å²) in [5.74, 6) is -0.794. The number of carboxylic acids is 1. The molecule has 0 aromatic carbocycles. The maximum Gasteiger partial charge on any atom is 0.338 e. The molecule has 1 aliphatic rings. The number of aromatic carboxylic acids is 1. The van der Waals surface area contributed by atoms with Crippen molar-refractivity contribution < 1.29 is 14.7 Å². The van der Waals surface area contributed by atoms with Crippen LogP contribution in [0.1, 0.15) is 35.7 Å². The normalized spacial score (nSPS) is 15.7. The summed E-state index contributed by atoms with van der Waals surface area (Å²) in [7, 11) is 0. The lowest BCUT2D eigenvalue weighted by atomic mass is 10.0. The summed E-state index contributed by atoms with van der Waals surface area (Å²) in [5, 5.41) is 13.1. The van der Waals surface area contributed by atoms with Gasteiger partial charge in [-0.3, -0.25) is 9.48 Å². The number of carboxylic acid groups (broad SMARTS) is 1. The molecule has 0 unspecified atom stereocenters. The van der Waals surface area contributed by atoms with Crippen molar-refractivity contribution in [1.29, 1.82) is 0 Å². The van der Waals surface area contributed by atoms with Crippen LogP contribution in [0.3, 0.4) is 0 Å². The molecule has 0 saturated carbocycles. The molecule has 3 rings (SSSR count). The maximum absolute atomic E-state index is 12.2. The highest BCUT2D eigenvalue weighted by atomic mass is 16.4. The van der Waals surface area contributed by atoms with Gasteiger partial charge in [0.1, 0.15) is 0 Å². The Kier molecular flexibility index (Phi) is 4.45. The summed E-state index contributed by atoms with van der Waals surface area (Å²) in [6.07, 6.45) is 8.96. The molecule has 122 valence electrons.